The normalized spacial score (nSPS) is 26.2. The molecule has 5 heteroatoms. The van der Waals surface area contributed by atoms with Crippen LogP contribution in [0.25, 0.3) is 0 Å². The molecule has 1 saturated carbocycles. The third-order valence-corrected chi connectivity index (χ3v) is 6.29. The minimum absolute atomic E-state index is 0.0399. The van der Waals surface area contributed by atoms with Gasteiger partial charge in [0.2, 0.25) is 5.91 Å². The fourth-order valence-corrected chi connectivity index (χ4v) is 4.83. The van der Waals surface area contributed by atoms with Crippen molar-refractivity contribution in [1.82, 2.24) is 10.2 Å². The summed E-state index contributed by atoms with van der Waals surface area (Å²) in [5.74, 6) is 0.237. The highest BCUT2D eigenvalue weighted by Crippen LogP contribution is 2.31. The minimum atomic E-state index is -0.0399. The third-order valence-electron chi connectivity index (χ3n) is 5.30. The SMILES string of the molecule is Cc1ccc(C(=O)N2CCCCCCNC(=O)[C@@H]3CCCC[C@@H]32)s1. The van der Waals surface area contributed by atoms with E-state index >= 15 is 0 Å². The minimum Gasteiger partial charge on any atom is -0.356 e. The maximum atomic E-state index is 13.1. The smallest absolute Gasteiger partial charge is 0.264 e. The number of carbonyl (C=O) groups excluding carboxylic acids is 2. The quantitative estimate of drug-likeness (QED) is 0.840. The van der Waals surface area contributed by atoms with Gasteiger partial charge in [-0.05, 0) is 44.7 Å². The molecule has 4 nitrogen and oxygen atoms in total. The molecule has 1 N–H and O–H groups in total. The molecule has 2 heterocycles. The average molecular weight is 349 g/mol. The number of nitrogens with one attached hydrogen (secondary N) is 1. The van der Waals surface area contributed by atoms with Gasteiger partial charge in [-0.1, -0.05) is 25.7 Å². The Bertz CT molecular complexity index is 584. The maximum Gasteiger partial charge on any atom is 0.264 e. The van der Waals surface area contributed by atoms with E-state index in [9.17, 15) is 9.59 Å². The summed E-state index contributed by atoms with van der Waals surface area (Å²) in [6, 6.07) is 4.01. The van der Waals surface area contributed by atoms with Crippen molar-refractivity contribution in [3.63, 3.8) is 0 Å². The maximum absolute atomic E-state index is 13.1. The third kappa shape index (κ3) is 4.00. The Balaban J connectivity index is 1.86. The van der Waals surface area contributed by atoms with Crippen LogP contribution in [0.1, 0.15) is 65.9 Å². The summed E-state index contributed by atoms with van der Waals surface area (Å²) in [7, 11) is 0. The molecular formula is C19H28N2O2S. The highest BCUT2D eigenvalue weighted by atomic mass is 32.1. The molecule has 1 aromatic heterocycles. The Morgan fingerprint density at radius 3 is 2.71 bits per heavy atom. The van der Waals surface area contributed by atoms with Crippen molar-refractivity contribution in [2.45, 2.75) is 64.3 Å². The van der Waals surface area contributed by atoms with Crippen LogP contribution in [0, 0.1) is 12.8 Å². The van der Waals surface area contributed by atoms with E-state index in [4.69, 9.17) is 0 Å². The lowest BCUT2D eigenvalue weighted by Gasteiger charge is -2.39. The molecule has 132 valence electrons. The number of carbonyl (C=O) groups is 2. The Morgan fingerprint density at radius 2 is 1.92 bits per heavy atom. The molecule has 3 rings (SSSR count). The fourth-order valence-electron chi connectivity index (χ4n) is 4.00. The van der Waals surface area contributed by atoms with Crippen molar-refractivity contribution in [3.05, 3.63) is 21.9 Å². The van der Waals surface area contributed by atoms with E-state index < -0.39 is 0 Å². The van der Waals surface area contributed by atoms with Crippen LogP contribution in [0.2, 0.25) is 0 Å². The Hall–Kier alpha value is -1.36. The van der Waals surface area contributed by atoms with E-state index in [1.54, 1.807) is 11.3 Å². The number of hydrogen-bond donors (Lipinski definition) is 1. The Kier molecular flexibility index (Phi) is 5.93. The largest absolute Gasteiger partial charge is 0.356 e. The lowest BCUT2D eigenvalue weighted by Crippen LogP contribution is -2.51. The van der Waals surface area contributed by atoms with Gasteiger partial charge in [-0.15, -0.1) is 11.3 Å². The van der Waals surface area contributed by atoms with Gasteiger partial charge in [0.1, 0.15) is 0 Å². The van der Waals surface area contributed by atoms with Gasteiger partial charge in [0.05, 0.1) is 10.8 Å². The van der Waals surface area contributed by atoms with Crippen LogP contribution >= 0.6 is 11.3 Å². The summed E-state index contributed by atoms with van der Waals surface area (Å²) in [5.41, 5.74) is 0. The highest BCUT2D eigenvalue weighted by Gasteiger charge is 2.37. The molecule has 0 radical (unpaired) electrons. The van der Waals surface area contributed by atoms with Crippen LogP contribution < -0.4 is 5.32 Å². The molecule has 24 heavy (non-hydrogen) atoms. The van der Waals surface area contributed by atoms with Gasteiger partial charge in [0.25, 0.3) is 5.91 Å². The monoisotopic (exact) mass is 348 g/mol. The molecule has 1 saturated heterocycles. The van der Waals surface area contributed by atoms with Crippen molar-refractivity contribution in [2.24, 2.45) is 5.92 Å². The molecular weight excluding hydrogens is 320 g/mol. The molecule has 0 bridgehead atoms. The van der Waals surface area contributed by atoms with E-state index in [2.05, 4.69) is 5.32 Å². The second kappa shape index (κ2) is 8.15. The van der Waals surface area contributed by atoms with Gasteiger partial charge in [-0.2, -0.15) is 0 Å². The van der Waals surface area contributed by atoms with Crippen molar-refractivity contribution < 1.29 is 9.59 Å². The fraction of sp³-hybridized carbons (Fsp3) is 0.684. The summed E-state index contributed by atoms with van der Waals surface area (Å²) in [6.07, 6.45) is 8.39. The van der Waals surface area contributed by atoms with Crippen molar-refractivity contribution >= 4 is 23.2 Å². The summed E-state index contributed by atoms with van der Waals surface area (Å²) in [6.45, 7) is 3.59. The van der Waals surface area contributed by atoms with Gasteiger partial charge >= 0.3 is 0 Å². The molecule has 1 aromatic rings. The van der Waals surface area contributed by atoms with E-state index in [1.165, 1.54) is 0 Å². The van der Waals surface area contributed by atoms with Crippen LogP contribution in [-0.2, 0) is 4.79 Å². The van der Waals surface area contributed by atoms with E-state index in [1.807, 2.05) is 24.0 Å². The lowest BCUT2D eigenvalue weighted by molar-refractivity contribution is -0.128. The van der Waals surface area contributed by atoms with Crippen LogP contribution in [-0.4, -0.2) is 35.8 Å². The highest BCUT2D eigenvalue weighted by molar-refractivity contribution is 7.13. The first kappa shape index (κ1) is 17.5. The number of rotatable bonds is 1. The van der Waals surface area contributed by atoms with Crippen LogP contribution in [0.3, 0.4) is 0 Å². The molecule has 2 amide bonds. The van der Waals surface area contributed by atoms with Crippen LogP contribution in [0.5, 0.6) is 0 Å². The summed E-state index contributed by atoms with van der Waals surface area (Å²) in [4.78, 5) is 29.8. The van der Waals surface area contributed by atoms with E-state index in [0.29, 0.717) is 0 Å². The predicted octanol–water partition coefficient (Wildman–Crippen LogP) is 3.75. The second-order valence-electron chi connectivity index (χ2n) is 7.07. The average Bonchev–Trinajstić information content (AvgIpc) is 3.01. The molecule has 0 aromatic carbocycles. The first-order chi connectivity index (χ1) is 11.7. The number of hydrogen-bond acceptors (Lipinski definition) is 3. The topological polar surface area (TPSA) is 49.4 Å². The summed E-state index contributed by atoms with van der Waals surface area (Å²) >= 11 is 1.56. The van der Waals surface area contributed by atoms with E-state index in [0.717, 1.165) is 74.2 Å². The first-order valence-corrected chi connectivity index (χ1v) is 10.1. The molecule has 0 spiro atoms. The van der Waals surface area contributed by atoms with Gasteiger partial charge in [0.15, 0.2) is 0 Å². The molecule has 2 aliphatic rings. The van der Waals surface area contributed by atoms with Crippen molar-refractivity contribution in [1.29, 1.82) is 0 Å². The standard InChI is InChI=1S/C19H28N2O2S/c1-14-10-11-17(24-14)19(23)21-13-7-3-2-6-12-20-18(22)15-8-4-5-9-16(15)21/h10-11,15-16H,2-9,12-13H2,1H3,(H,20,22)/t15-,16+/m1/s1. The number of amides is 2. The second-order valence-corrected chi connectivity index (χ2v) is 8.36. The van der Waals surface area contributed by atoms with Gasteiger partial charge in [0, 0.05) is 24.0 Å². The zero-order valence-corrected chi connectivity index (χ0v) is 15.4. The van der Waals surface area contributed by atoms with Crippen molar-refractivity contribution in [3.8, 4) is 0 Å². The van der Waals surface area contributed by atoms with Crippen molar-refractivity contribution in [2.75, 3.05) is 13.1 Å². The molecule has 0 unspecified atom stereocenters. The molecule has 2 fully saturated rings. The van der Waals surface area contributed by atoms with Crippen LogP contribution in [0.4, 0.5) is 0 Å². The Morgan fingerprint density at radius 1 is 1.12 bits per heavy atom. The summed E-state index contributed by atoms with van der Waals surface area (Å²) in [5, 5.41) is 3.11. The zero-order valence-electron chi connectivity index (χ0n) is 14.6. The first-order valence-electron chi connectivity index (χ1n) is 9.32. The molecule has 2 atom stereocenters. The van der Waals surface area contributed by atoms with Gasteiger partial charge in [-0.3, -0.25) is 9.59 Å². The predicted molar refractivity (Wildman–Crippen MR) is 97.3 cm³/mol. The summed E-state index contributed by atoms with van der Waals surface area (Å²) < 4.78 is 0. The number of thiophene rings is 1. The van der Waals surface area contributed by atoms with E-state index in [-0.39, 0.29) is 23.8 Å². The Labute approximate surface area is 148 Å². The molecule has 1 aliphatic carbocycles. The van der Waals surface area contributed by atoms with Gasteiger partial charge in [-0.25, -0.2) is 0 Å². The number of fused-ring (bicyclic) bond motifs is 1. The number of aryl methyl sites for hydroxylation is 1. The molecule has 1 aliphatic heterocycles. The van der Waals surface area contributed by atoms with Gasteiger partial charge < -0.3 is 10.2 Å². The number of nitrogens with zero attached hydrogens (tertiary/aromatic N) is 1. The zero-order chi connectivity index (χ0) is 16.9. The lowest BCUT2D eigenvalue weighted by atomic mass is 9.82. The van der Waals surface area contributed by atoms with Crippen LogP contribution in [0.15, 0.2) is 12.1 Å².